The van der Waals surface area contributed by atoms with Crippen molar-refractivity contribution in [1.29, 1.82) is 0 Å². The van der Waals surface area contributed by atoms with Crippen LogP contribution in [-0.2, 0) is 0 Å². The van der Waals surface area contributed by atoms with Crippen LogP contribution < -0.4 is 10.2 Å². The van der Waals surface area contributed by atoms with Crippen LogP contribution in [0.1, 0.15) is 19.8 Å². The molecule has 0 amide bonds. The van der Waals surface area contributed by atoms with Crippen LogP contribution >= 0.6 is 0 Å². The van der Waals surface area contributed by atoms with Gasteiger partial charge in [0.15, 0.2) is 0 Å². The summed E-state index contributed by atoms with van der Waals surface area (Å²) in [7, 11) is 0. The number of rotatable bonds is 5. The van der Waals surface area contributed by atoms with Crippen LogP contribution in [-0.4, -0.2) is 46.2 Å². The first-order chi connectivity index (χ1) is 9.67. The van der Waals surface area contributed by atoms with Crippen LogP contribution in [0.3, 0.4) is 0 Å². The predicted molar refractivity (Wildman–Crippen MR) is 74.9 cm³/mol. The summed E-state index contributed by atoms with van der Waals surface area (Å²) in [6.45, 7) is 3.79. The van der Waals surface area contributed by atoms with Crippen LogP contribution in [0.5, 0.6) is 0 Å². The van der Waals surface area contributed by atoms with Crippen molar-refractivity contribution in [3.8, 4) is 0 Å². The summed E-state index contributed by atoms with van der Waals surface area (Å²) < 4.78 is 0. The SMILES string of the molecule is CCNc1ncnc(N2CCCC(CO)C2)c1[N+](=O)[O-]. The van der Waals surface area contributed by atoms with E-state index in [1.807, 2.05) is 11.8 Å². The number of hydrogen-bond donors (Lipinski definition) is 2. The monoisotopic (exact) mass is 281 g/mol. The zero-order valence-corrected chi connectivity index (χ0v) is 11.4. The van der Waals surface area contributed by atoms with Crippen LogP contribution in [0.15, 0.2) is 6.33 Å². The molecule has 0 aliphatic carbocycles. The predicted octanol–water partition coefficient (Wildman–Crippen LogP) is 1.03. The third kappa shape index (κ3) is 2.96. The molecule has 110 valence electrons. The van der Waals surface area contributed by atoms with Crippen molar-refractivity contribution in [2.75, 3.05) is 36.5 Å². The Morgan fingerprint density at radius 1 is 1.60 bits per heavy atom. The number of nitrogens with one attached hydrogen (secondary N) is 1. The second-order valence-corrected chi connectivity index (χ2v) is 4.82. The quantitative estimate of drug-likeness (QED) is 0.613. The molecule has 2 rings (SSSR count). The van der Waals surface area contributed by atoms with E-state index in [9.17, 15) is 15.2 Å². The van der Waals surface area contributed by atoms with E-state index in [0.717, 1.165) is 12.8 Å². The molecule has 0 bridgehead atoms. The maximum atomic E-state index is 11.3. The highest BCUT2D eigenvalue weighted by Gasteiger charge is 2.29. The summed E-state index contributed by atoms with van der Waals surface area (Å²) >= 11 is 0. The van der Waals surface area contributed by atoms with Crippen LogP contribution in [0, 0.1) is 16.0 Å². The van der Waals surface area contributed by atoms with Gasteiger partial charge in [-0.05, 0) is 25.7 Å². The van der Waals surface area contributed by atoms with Gasteiger partial charge in [-0.1, -0.05) is 0 Å². The van der Waals surface area contributed by atoms with Gasteiger partial charge >= 0.3 is 5.69 Å². The van der Waals surface area contributed by atoms with Gasteiger partial charge in [0, 0.05) is 26.2 Å². The van der Waals surface area contributed by atoms with E-state index >= 15 is 0 Å². The third-order valence-electron chi connectivity index (χ3n) is 3.41. The van der Waals surface area contributed by atoms with E-state index in [-0.39, 0.29) is 24.0 Å². The highest BCUT2D eigenvalue weighted by molar-refractivity contribution is 5.70. The van der Waals surface area contributed by atoms with Gasteiger partial charge < -0.3 is 15.3 Å². The molecule has 1 aliphatic rings. The summed E-state index contributed by atoms with van der Waals surface area (Å²) in [5, 5.41) is 23.5. The van der Waals surface area contributed by atoms with Gasteiger partial charge in [0.05, 0.1) is 4.92 Å². The largest absolute Gasteiger partial charge is 0.396 e. The number of anilines is 2. The summed E-state index contributed by atoms with van der Waals surface area (Å²) in [5.41, 5.74) is -0.0899. The average molecular weight is 281 g/mol. The second kappa shape index (κ2) is 6.47. The number of nitrogens with zero attached hydrogens (tertiary/aromatic N) is 4. The summed E-state index contributed by atoms with van der Waals surface area (Å²) in [5.74, 6) is 0.716. The van der Waals surface area contributed by atoms with Gasteiger partial charge in [-0.3, -0.25) is 10.1 Å². The lowest BCUT2D eigenvalue weighted by molar-refractivity contribution is -0.383. The lowest BCUT2D eigenvalue weighted by Crippen LogP contribution is -2.37. The Labute approximate surface area is 117 Å². The summed E-state index contributed by atoms with van der Waals surface area (Å²) in [6.07, 6.45) is 3.16. The molecule has 0 spiro atoms. The molecule has 1 atom stereocenters. The smallest absolute Gasteiger partial charge is 0.353 e. The zero-order chi connectivity index (χ0) is 14.5. The van der Waals surface area contributed by atoms with E-state index in [2.05, 4.69) is 15.3 Å². The normalized spacial score (nSPS) is 18.9. The Morgan fingerprint density at radius 2 is 2.40 bits per heavy atom. The number of aromatic nitrogens is 2. The zero-order valence-electron chi connectivity index (χ0n) is 11.4. The molecule has 1 fully saturated rings. The summed E-state index contributed by atoms with van der Waals surface area (Å²) in [6, 6.07) is 0. The van der Waals surface area contributed by atoms with Gasteiger partial charge in [-0.25, -0.2) is 9.97 Å². The van der Waals surface area contributed by atoms with Gasteiger partial charge in [-0.15, -0.1) is 0 Å². The molecule has 20 heavy (non-hydrogen) atoms. The van der Waals surface area contributed by atoms with Crippen LogP contribution in [0.25, 0.3) is 0 Å². The topological polar surface area (TPSA) is 104 Å². The average Bonchev–Trinajstić information content (AvgIpc) is 2.47. The van der Waals surface area contributed by atoms with E-state index < -0.39 is 4.92 Å². The number of piperidine rings is 1. The molecule has 0 radical (unpaired) electrons. The number of aliphatic hydroxyl groups excluding tert-OH is 1. The van der Waals surface area contributed by atoms with Crippen molar-refractivity contribution in [2.45, 2.75) is 19.8 Å². The molecule has 1 aromatic rings. The van der Waals surface area contributed by atoms with Gasteiger partial charge in [-0.2, -0.15) is 0 Å². The standard InChI is InChI=1S/C12H19N5O3/c1-2-13-11-10(17(19)20)12(15-8-14-11)16-5-3-4-9(6-16)7-18/h8-9,18H,2-7H2,1H3,(H,13,14,15). The van der Waals surface area contributed by atoms with Crippen LogP contribution in [0.4, 0.5) is 17.3 Å². The minimum atomic E-state index is -0.449. The maximum Gasteiger partial charge on any atom is 0.353 e. The fraction of sp³-hybridized carbons (Fsp3) is 0.667. The van der Waals surface area contributed by atoms with E-state index in [0.29, 0.717) is 25.5 Å². The minimum absolute atomic E-state index is 0.0899. The lowest BCUT2D eigenvalue weighted by Gasteiger charge is -2.32. The van der Waals surface area contributed by atoms with E-state index in [1.54, 1.807) is 0 Å². The van der Waals surface area contributed by atoms with Crippen molar-refractivity contribution < 1.29 is 10.0 Å². The fourth-order valence-corrected chi connectivity index (χ4v) is 2.47. The Balaban J connectivity index is 2.34. The first-order valence-electron chi connectivity index (χ1n) is 6.76. The Kier molecular flexibility index (Phi) is 4.67. The van der Waals surface area contributed by atoms with E-state index in [1.165, 1.54) is 6.33 Å². The molecule has 2 N–H and O–H groups in total. The maximum absolute atomic E-state index is 11.3. The van der Waals surface area contributed by atoms with Crippen molar-refractivity contribution in [3.05, 3.63) is 16.4 Å². The van der Waals surface area contributed by atoms with Crippen molar-refractivity contribution in [3.63, 3.8) is 0 Å². The molecular weight excluding hydrogens is 262 g/mol. The fourth-order valence-electron chi connectivity index (χ4n) is 2.47. The molecule has 2 heterocycles. The number of nitro groups is 1. The number of hydrogen-bond acceptors (Lipinski definition) is 7. The Bertz CT molecular complexity index is 482. The molecule has 8 nitrogen and oxygen atoms in total. The molecule has 0 aromatic carbocycles. The first kappa shape index (κ1) is 14.4. The molecule has 8 heteroatoms. The number of aliphatic hydroxyl groups is 1. The third-order valence-corrected chi connectivity index (χ3v) is 3.41. The lowest BCUT2D eigenvalue weighted by atomic mass is 9.99. The highest BCUT2D eigenvalue weighted by Crippen LogP contribution is 2.33. The van der Waals surface area contributed by atoms with Crippen LogP contribution in [0.2, 0.25) is 0 Å². The highest BCUT2D eigenvalue weighted by atomic mass is 16.6. The van der Waals surface area contributed by atoms with Gasteiger partial charge in [0.1, 0.15) is 6.33 Å². The van der Waals surface area contributed by atoms with E-state index in [4.69, 9.17) is 0 Å². The summed E-state index contributed by atoms with van der Waals surface area (Å²) in [4.78, 5) is 20.8. The first-order valence-corrected chi connectivity index (χ1v) is 6.76. The minimum Gasteiger partial charge on any atom is -0.396 e. The van der Waals surface area contributed by atoms with Crippen molar-refractivity contribution in [2.24, 2.45) is 5.92 Å². The van der Waals surface area contributed by atoms with Crippen molar-refractivity contribution >= 4 is 17.3 Å². The molecule has 0 saturated carbocycles. The Hall–Kier alpha value is -1.96. The second-order valence-electron chi connectivity index (χ2n) is 4.82. The molecule has 1 unspecified atom stereocenters. The molecule has 1 saturated heterocycles. The molecule has 1 aliphatic heterocycles. The van der Waals surface area contributed by atoms with Gasteiger partial charge in [0.2, 0.25) is 11.6 Å². The Morgan fingerprint density at radius 3 is 3.05 bits per heavy atom. The molecular formula is C12H19N5O3. The van der Waals surface area contributed by atoms with Gasteiger partial charge in [0.25, 0.3) is 0 Å². The van der Waals surface area contributed by atoms with Crippen molar-refractivity contribution in [1.82, 2.24) is 9.97 Å². The molecule has 1 aromatic heterocycles.